The summed E-state index contributed by atoms with van der Waals surface area (Å²) in [4.78, 5) is 30.3. The van der Waals surface area contributed by atoms with Gasteiger partial charge in [-0.05, 0) is 25.8 Å². The van der Waals surface area contributed by atoms with Crippen molar-refractivity contribution in [3.63, 3.8) is 0 Å². The van der Waals surface area contributed by atoms with E-state index in [0.717, 1.165) is 30.7 Å². The highest BCUT2D eigenvalue weighted by Gasteiger charge is 2.31. The number of fused-ring (bicyclic) bond motifs is 1. The zero-order valence-corrected chi connectivity index (χ0v) is 14.2. The van der Waals surface area contributed by atoms with Crippen molar-refractivity contribution < 1.29 is 14.0 Å². The monoisotopic (exact) mass is 343 g/mol. The van der Waals surface area contributed by atoms with Crippen molar-refractivity contribution in [3.05, 3.63) is 35.3 Å². The Morgan fingerprint density at radius 2 is 2.20 bits per heavy atom. The number of nitrogens with one attached hydrogen (secondary N) is 1. The Balaban J connectivity index is 1.38. The van der Waals surface area contributed by atoms with E-state index in [4.69, 9.17) is 4.42 Å². The molecule has 0 saturated heterocycles. The molecule has 25 heavy (non-hydrogen) atoms. The van der Waals surface area contributed by atoms with Crippen molar-refractivity contribution >= 4 is 11.8 Å². The quantitative estimate of drug-likeness (QED) is 0.902. The van der Waals surface area contributed by atoms with Crippen LogP contribution in [0.3, 0.4) is 0 Å². The van der Waals surface area contributed by atoms with Gasteiger partial charge in [-0.3, -0.25) is 14.3 Å². The number of rotatable bonds is 4. The van der Waals surface area contributed by atoms with Gasteiger partial charge >= 0.3 is 0 Å². The largest absolute Gasteiger partial charge is 0.448 e. The first-order valence-corrected chi connectivity index (χ1v) is 8.64. The summed E-state index contributed by atoms with van der Waals surface area (Å²) in [5.41, 5.74) is 2.09. The van der Waals surface area contributed by atoms with Crippen molar-refractivity contribution in [3.8, 4) is 0 Å². The number of amides is 2. The Bertz CT molecular complexity index is 805. The van der Waals surface area contributed by atoms with Crippen LogP contribution in [0.4, 0.5) is 0 Å². The zero-order valence-electron chi connectivity index (χ0n) is 14.2. The molecule has 2 aliphatic rings. The van der Waals surface area contributed by atoms with E-state index >= 15 is 0 Å². The minimum Gasteiger partial charge on any atom is -0.448 e. The molecule has 2 amide bonds. The first-order chi connectivity index (χ1) is 12.1. The summed E-state index contributed by atoms with van der Waals surface area (Å²) in [5.74, 6) is 0.708. The Morgan fingerprint density at radius 1 is 1.36 bits per heavy atom. The fraction of sp³-hybridized carbons (Fsp3) is 0.529. The van der Waals surface area contributed by atoms with Crippen LogP contribution in [-0.4, -0.2) is 38.0 Å². The predicted octanol–water partition coefficient (Wildman–Crippen LogP) is 1.25. The Hall–Kier alpha value is -2.64. The molecule has 132 valence electrons. The van der Waals surface area contributed by atoms with E-state index in [2.05, 4.69) is 15.4 Å². The SMILES string of the molecule is Cc1ocnc1C(=O)NCc1cc2n(n1)CCN(C(=O)C1CCC1)C2. The Kier molecular flexibility index (Phi) is 4.03. The fourth-order valence-electron chi connectivity index (χ4n) is 3.29. The van der Waals surface area contributed by atoms with Crippen molar-refractivity contribution in [2.75, 3.05) is 6.54 Å². The molecule has 8 heteroatoms. The minimum absolute atomic E-state index is 0.221. The van der Waals surface area contributed by atoms with Crippen molar-refractivity contribution in [2.45, 2.75) is 45.8 Å². The minimum atomic E-state index is -0.279. The van der Waals surface area contributed by atoms with Gasteiger partial charge in [-0.1, -0.05) is 6.42 Å². The highest BCUT2D eigenvalue weighted by atomic mass is 16.3. The van der Waals surface area contributed by atoms with Crippen LogP contribution in [0.15, 0.2) is 16.9 Å². The number of carbonyl (C=O) groups is 2. The van der Waals surface area contributed by atoms with Crippen LogP contribution in [0.2, 0.25) is 0 Å². The van der Waals surface area contributed by atoms with Gasteiger partial charge in [-0.15, -0.1) is 0 Å². The normalized spacial score (nSPS) is 17.1. The molecule has 1 aliphatic heterocycles. The standard InChI is InChI=1S/C17H21N5O3/c1-11-15(19-10-25-11)16(23)18-8-13-7-14-9-21(5-6-22(14)20-13)17(24)12-3-2-4-12/h7,10,12H,2-6,8-9H2,1H3,(H,18,23). The smallest absolute Gasteiger partial charge is 0.273 e. The van der Waals surface area contributed by atoms with Gasteiger partial charge in [0.05, 0.1) is 31.0 Å². The molecule has 2 aromatic rings. The molecule has 1 N–H and O–H groups in total. The molecule has 1 aliphatic carbocycles. The van der Waals surface area contributed by atoms with Crippen LogP contribution in [0.1, 0.15) is 46.9 Å². The molecule has 3 heterocycles. The average Bonchev–Trinajstić information content (AvgIpc) is 3.15. The van der Waals surface area contributed by atoms with Gasteiger partial charge in [-0.25, -0.2) is 4.98 Å². The van der Waals surface area contributed by atoms with Gasteiger partial charge in [0.2, 0.25) is 5.91 Å². The maximum absolute atomic E-state index is 12.4. The van der Waals surface area contributed by atoms with Crippen LogP contribution >= 0.6 is 0 Å². The fourth-order valence-corrected chi connectivity index (χ4v) is 3.29. The first-order valence-electron chi connectivity index (χ1n) is 8.64. The second kappa shape index (κ2) is 6.34. The summed E-state index contributed by atoms with van der Waals surface area (Å²) in [6.07, 6.45) is 4.46. The van der Waals surface area contributed by atoms with E-state index in [1.807, 2.05) is 15.6 Å². The lowest BCUT2D eigenvalue weighted by molar-refractivity contribution is -0.139. The molecule has 1 fully saturated rings. The van der Waals surface area contributed by atoms with Crippen LogP contribution < -0.4 is 5.32 Å². The molecular weight excluding hydrogens is 322 g/mol. The first kappa shape index (κ1) is 15.9. The van der Waals surface area contributed by atoms with Gasteiger partial charge in [-0.2, -0.15) is 5.10 Å². The van der Waals surface area contributed by atoms with Crippen LogP contribution in [0.25, 0.3) is 0 Å². The van der Waals surface area contributed by atoms with Crippen LogP contribution in [0, 0.1) is 12.8 Å². The van der Waals surface area contributed by atoms with E-state index in [9.17, 15) is 9.59 Å². The third kappa shape index (κ3) is 3.04. The lowest BCUT2D eigenvalue weighted by Crippen LogP contribution is -2.43. The average molecular weight is 343 g/mol. The third-order valence-corrected chi connectivity index (χ3v) is 5.00. The number of hydrogen-bond acceptors (Lipinski definition) is 5. The summed E-state index contributed by atoms with van der Waals surface area (Å²) in [5, 5.41) is 7.32. The third-order valence-electron chi connectivity index (χ3n) is 5.00. The molecule has 1 saturated carbocycles. The van der Waals surface area contributed by atoms with Crippen molar-refractivity contribution in [1.29, 1.82) is 0 Å². The second-order valence-corrected chi connectivity index (χ2v) is 6.68. The summed E-state index contributed by atoms with van der Waals surface area (Å²) in [6.45, 7) is 4.02. The Labute approximate surface area is 145 Å². The molecule has 8 nitrogen and oxygen atoms in total. The van der Waals surface area contributed by atoms with Crippen molar-refractivity contribution in [1.82, 2.24) is 25.0 Å². The summed E-state index contributed by atoms with van der Waals surface area (Å²) < 4.78 is 6.97. The van der Waals surface area contributed by atoms with Gasteiger partial charge < -0.3 is 14.6 Å². The van der Waals surface area contributed by atoms with E-state index in [1.165, 1.54) is 6.39 Å². The Morgan fingerprint density at radius 3 is 2.88 bits per heavy atom. The van der Waals surface area contributed by atoms with E-state index < -0.39 is 0 Å². The van der Waals surface area contributed by atoms with Crippen molar-refractivity contribution in [2.24, 2.45) is 5.92 Å². The number of aryl methyl sites for hydroxylation is 1. The van der Waals surface area contributed by atoms with Crippen LogP contribution in [-0.2, 0) is 24.4 Å². The van der Waals surface area contributed by atoms with Gasteiger partial charge in [0.15, 0.2) is 12.1 Å². The maximum atomic E-state index is 12.4. The molecule has 2 aromatic heterocycles. The van der Waals surface area contributed by atoms with Crippen LogP contribution in [0.5, 0.6) is 0 Å². The molecule has 0 spiro atoms. The van der Waals surface area contributed by atoms with Gasteiger partial charge in [0.1, 0.15) is 5.76 Å². The summed E-state index contributed by atoms with van der Waals surface area (Å²) >= 11 is 0. The number of hydrogen-bond donors (Lipinski definition) is 1. The molecule has 0 unspecified atom stereocenters. The number of carbonyl (C=O) groups excluding carboxylic acids is 2. The molecule has 4 rings (SSSR count). The molecule has 0 aromatic carbocycles. The van der Waals surface area contributed by atoms with E-state index in [-0.39, 0.29) is 17.7 Å². The molecular formula is C17H21N5O3. The van der Waals surface area contributed by atoms with Gasteiger partial charge in [0.25, 0.3) is 5.91 Å². The lowest BCUT2D eigenvalue weighted by atomic mass is 9.84. The van der Waals surface area contributed by atoms with Gasteiger partial charge in [0, 0.05) is 12.5 Å². The lowest BCUT2D eigenvalue weighted by Gasteiger charge is -2.34. The van der Waals surface area contributed by atoms with E-state index in [1.54, 1.807) is 6.92 Å². The second-order valence-electron chi connectivity index (χ2n) is 6.68. The number of aromatic nitrogens is 3. The topological polar surface area (TPSA) is 93.3 Å². The highest BCUT2D eigenvalue weighted by molar-refractivity contribution is 5.92. The van der Waals surface area contributed by atoms with E-state index in [0.29, 0.717) is 37.6 Å². The summed E-state index contributed by atoms with van der Waals surface area (Å²) in [7, 11) is 0. The highest BCUT2D eigenvalue weighted by Crippen LogP contribution is 2.29. The summed E-state index contributed by atoms with van der Waals surface area (Å²) in [6, 6.07) is 1.95. The molecule has 0 atom stereocenters. The number of nitrogens with zero attached hydrogens (tertiary/aromatic N) is 4. The maximum Gasteiger partial charge on any atom is 0.273 e. The number of oxazole rings is 1. The molecule has 0 radical (unpaired) electrons. The molecule has 0 bridgehead atoms. The zero-order chi connectivity index (χ0) is 17.4. The predicted molar refractivity (Wildman–Crippen MR) is 87.4 cm³/mol.